The Hall–Kier alpha value is -3.91. The number of aryl methyl sites for hydroxylation is 1. The van der Waals surface area contributed by atoms with Crippen LogP contribution in [0.25, 0.3) is 49.0 Å². The molecule has 0 unspecified atom stereocenters. The first-order valence-corrected chi connectivity index (χ1v) is 12.6. The fraction of sp³-hybridized carbons (Fsp3) is 0.300. The number of hydrogen-bond donors (Lipinski definition) is 0. The highest BCUT2D eigenvalue weighted by Crippen LogP contribution is 2.39. The van der Waals surface area contributed by atoms with E-state index in [0.29, 0.717) is 5.69 Å². The van der Waals surface area contributed by atoms with E-state index in [2.05, 4.69) is 57.1 Å². The molecule has 0 aliphatic heterocycles. The highest BCUT2D eigenvalue weighted by Gasteiger charge is 2.19. The zero-order chi connectivity index (χ0) is 23.8. The number of rotatable bonds is 4. The molecule has 0 amide bonds. The van der Waals surface area contributed by atoms with E-state index in [1.54, 1.807) is 0 Å². The second kappa shape index (κ2) is 9.03. The number of pyridine rings is 1. The molecule has 1 aliphatic rings. The van der Waals surface area contributed by atoms with Crippen molar-refractivity contribution in [3.05, 3.63) is 78.5 Å². The molecule has 1 aliphatic carbocycles. The van der Waals surface area contributed by atoms with Crippen LogP contribution in [0.1, 0.15) is 38.5 Å². The van der Waals surface area contributed by atoms with Crippen LogP contribution in [0.5, 0.6) is 0 Å². The molecular weight excluding hydrogens is 430 g/mol. The lowest BCUT2D eigenvalue weighted by Gasteiger charge is -2.17. The maximum atomic E-state index is 7.35. The molecule has 3 aromatic heterocycles. The van der Waals surface area contributed by atoms with Gasteiger partial charge in [-0.25, -0.2) is 4.85 Å². The third-order valence-corrected chi connectivity index (χ3v) is 7.56. The molecule has 1 fully saturated rings. The second-order valence-corrected chi connectivity index (χ2v) is 9.81. The second-order valence-electron chi connectivity index (χ2n) is 9.81. The Morgan fingerprint density at radius 2 is 1.69 bits per heavy atom. The minimum absolute atomic E-state index is 0.651. The number of aromatic nitrogens is 4. The van der Waals surface area contributed by atoms with Crippen LogP contribution in [-0.2, 0) is 13.6 Å². The van der Waals surface area contributed by atoms with E-state index in [4.69, 9.17) is 11.6 Å². The Kier molecular flexibility index (Phi) is 5.58. The molecule has 0 N–H and O–H groups in total. The van der Waals surface area contributed by atoms with Crippen molar-refractivity contribution in [3.8, 4) is 22.4 Å². The van der Waals surface area contributed by atoms with Crippen LogP contribution in [-0.4, -0.2) is 19.3 Å². The van der Waals surface area contributed by atoms with Crippen molar-refractivity contribution in [2.45, 2.75) is 45.1 Å². The van der Waals surface area contributed by atoms with E-state index < -0.39 is 0 Å². The van der Waals surface area contributed by atoms with Crippen molar-refractivity contribution >= 4 is 27.5 Å². The zero-order valence-corrected chi connectivity index (χ0v) is 20.1. The molecule has 0 saturated heterocycles. The molecule has 174 valence electrons. The summed E-state index contributed by atoms with van der Waals surface area (Å²) in [6.07, 6.45) is 14.3. The summed E-state index contributed by atoms with van der Waals surface area (Å²) in [5.74, 6) is 0.738. The molecule has 0 radical (unpaired) electrons. The van der Waals surface area contributed by atoms with E-state index >= 15 is 0 Å². The summed E-state index contributed by atoms with van der Waals surface area (Å²) in [5.41, 5.74) is 7.19. The normalized spacial score (nSPS) is 14.9. The first kappa shape index (κ1) is 21.6. The fourth-order valence-electron chi connectivity index (χ4n) is 5.67. The minimum Gasteiger partial charge on any atom is -0.346 e. The lowest BCUT2D eigenvalue weighted by molar-refractivity contribution is 0.401. The van der Waals surface area contributed by atoms with Crippen LogP contribution >= 0.6 is 0 Å². The number of nitrogens with zero attached hydrogens (tertiary/aromatic N) is 5. The van der Waals surface area contributed by atoms with E-state index in [-0.39, 0.29) is 0 Å². The molecule has 0 spiro atoms. The quantitative estimate of drug-likeness (QED) is 0.203. The van der Waals surface area contributed by atoms with E-state index in [0.717, 1.165) is 45.7 Å². The van der Waals surface area contributed by atoms with Crippen LogP contribution in [0.15, 0.2) is 67.1 Å². The molecule has 35 heavy (non-hydrogen) atoms. The van der Waals surface area contributed by atoms with Crippen molar-refractivity contribution in [1.82, 2.24) is 19.3 Å². The van der Waals surface area contributed by atoms with Crippen molar-refractivity contribution in [2.24, 2.45) is 13.0 Å². The number of hydrogen-bond acceptors (Lipinski definition) is 2. The number of fused-ring (bicyclic) bond motifs is 2. The molecule has 5 aromatic rings. The summed E-state index contributed by atoms with van der Waals surface area (Å²) in [6, 6.07) is 16.6. The van der Waals surface area contributed by atoms with Gasteiger partial charge in [-0.05, 0) is 42.5 Å². The van der Waals surface area contributed by atoms with Gasteiger partial charge in [0.2, 0.25) is 0 Å². The van der Waals surface area contributed by atoms with Crippen molar-refractivity contribution < 1.29 is 0 Å². The summed E-state index contributed by atoms with van der Waals surface area (Å²) in [5, 5.41) is 6.73. The Bertz CT molecular complexity index is 1540. The average Bonchev–Trinajstić information content (AvgIpc) is 3.37. The summed E-state index contributed by atoms with van der Waals surface area (Å²) in [6.45, 7) is 8.41. The molecular formula is C30H29N5. The van der Waals surface area contributed by atoms with Gasteiger partial charge in [0.1, 0.15) is 0 Å². The minimum atomic E-state index is 0.651. The van der Waals surface area contributed by atoms with Crippen LogP contribution in [0, 0.1) is 12.5 Å². The third-order valence-electron chi connectivity index (χ3n) is 7.56. The maximum Gasteiger partial charge on any atom is 0.187 e. The van der Waals surface area contributed by atoms with Gasteiger partial charge in [-0.1, -0.05) is 56.0 Å². The Labute approximate surface area is 205 Å². The lowest BCUT2D eigenvalue weighted by atomic mass is 9.95. The molecule has 6 rings (SSSR count). The smallest absolute Gasteiger partial charge is 0.187 e. The maximum absolute atomic E-state index is 7.35. The molecule has 0 atom stereocenters. The van der Waals surface area contributed by atoms with E-state index in [1.165, 1.54) is 49.4 Å². The Morgan fingerprint density at radius 1 is 0.914 bits per heavy atom. The van der Waals surface area contributed by atoms with E-state index in [9.17, 15) is 0 Å². The predicted octanol–water partition coefficient (Wildman–Crippen LogP) is 7.78. The molecule has 5 heteroatoms. The highest BCUT2D eigenvalue weighted by molar-refractivity contribution is 6.02. The summed E-state index contributed by atoms with van der Waals surface area (Å²) in [7, 11) is 1.97. The fourth-order valence-corrected chi connectivity index (χ4v) is 5.67. The SMILES string of the molecule is [C-]#[N+]c1ccc(-c2c(-c3ccc4c(cnn4C)c3)ncc3c2ccn3CC2CCCCCC2)cc1. The van der Waals surface area contributed by atoms with Gasteiger partial charge in [-0.3, -0.25) is 9.67 Å². The summed E-state index contributed by atoms with van der Waals surface area (Å²) in [4.78, 5) is 8.63. The van der Waals surface area contributed by atoms with Gasteiger partial charge in [0.25, 0.3) is 0 Å². The molecule has 0 bridgehead atoms. The van der Waals surface area contributed by atoms with Crippen LogP contribution in [0.4, 0.5) is 5.69 Å². The molecule has 1 saturated carbocycles. The zero-order valence-electron chi connectivity index (χ0n) is 20.1. The molecule has 2 aromatic carbocycles. The van der Waals surface area contributed by atoms with Crippen molar-refractivity contribution in [2.75, 3.05) is 0 Å². The average molecular weight is 460 g/mol. The van der Waals surface area contributed by atoms with Crippen LogP contribution in [0.3, 0.4) is 0 Å². The van der Waals surface area contributed by atoms with Gasteiger partial charge in [0, 0.05) is 41.7 Å². The largest absolute Gasteiger partial charge is 0.346 e. The lowest BCUT2D eigenvalue weighted by Crippen LogP contribution is -2.09. The van der Waals surface area contributed by atoms with Crippen molar-refractivity contribution in [1.29, 1.82) is 0 Å². The van der Waals surface area contributed by atoms with Gasteiger partial charge in [-0.15, -0.1) is 0 Å². The first-order chi connectivity index (χ1) is 17.2. The molecule has 5 nitrogen and oxygen atoms in total. The predicted molar refractivity (Wildman–Crippen MR) is 142 cm³/mol. The Morgan fingerprint density at radius 3 is 2.46 bits per heavy atom. The van der Waals surface area contributed by atoms with E-state index in [1.807, 2.05) is 36.3 Å². The summed E-state index contributed by atoms with van der Waals surface area (Å²) >= 11 is 0. The highest BCUT2D eigenvalue weighted by atomic mass is 15.2. The van der Waals surface area contributed by atoms with Gasteiger partial charge < -0.3 is 4.57 Å². The topological polar surface area (TPSA) is 40.0 Å². The summed E-state index contributed by atoms with van der Waals surface area (Å²) < 4.78 is 4.30. The third kappa shape index (κ3) is 4.00. The van der Waals surface area contributed by atoms with Gasteiger partial charge >= 0.3 is 0 Å². The first-order valence-electron chi connectivity index (χ1n) is 12.6. The standard InChI is InChI=1S/C30H29N5/c1-31-25-12-9-22(10-13-25)29-26-15-16-35(20-21-7-5-3-4-6-8-21)28(26)19-32-30(29)23-11-14-27-24(17-23)18-33-34(27)2/h9-19,21H,3-8,20H2,2H3. The molecule has 3 heterocycles. The van der Waals surface area contributed by atoms with Crippen LogP contribution < -0.4 is 0 Å². The van der Waals surface area contributed by atoms with Gasteiger partial charge in [0.15, 0.2) is 5.69 Å². The van der Waals surface area contributed by atoms with Crippen molar-refractivity contribution in [3.63, 3.8) is 0 Å². The number of benzene rings is 2. The Balaban J connectivity index is 1.50. The monoisotopic (exact) mass is 459 g/mol. The van der Waals surface area contributed by atoms with Gasteiger partial charge in [-0.2, -0.15) is 5.10 Å². The van der Waals surface area contributed by atoms with Gasteiger partial charge in [0.05, 0.1) is 35.7 Å². The van der Waals surface area contributed by atoms with Crippen LogP contribution in [0.2, 0.25) is 0 Å².